The first-order chi connectivity index (χ1) is 13.0. The van der Waals surface area contributed by atoms with Crippen molar-refractivity contribution in [3.8, 4) is 5.69 Å². The van der Waals surface area contributed by atoms with Gasteiger partial charge in [-0.1, -0.05) is 0 Å². The Morgan fingerprint density at radius 2 is 2.07 bits per heavy atom. The summed E-state index contributed by atoms with van der Waals surface area (Å²) in [6.07, 6.45) is 5.04. The summed E-state index contributed by atoms with van der Waals surface area (Å²) < 4.78 is 7.34. The molecule has 2 N–H and O–H groups in total. The fraction of sp³-hybridized carbons (Fsp3) is 0.263. The third kappa shape index (κ3) is 3.26. The normalized spacial score (nSPS) is 17.2. The molecule has 0 aromatic carbocycles. The van der Waals surface area contributed by atoms with E-state index in [9.17, 15) is 9.59 Å². The van der Waals surface area contributed by atoms with Gasteiger partial charge >= 0.3 is 0 Å². The SMILES string of the molecule is CC1CN(C(=O)c2cnc3c(ccn3-c3ccc(C(N)=O)nc3)c2)CCO1. The van der Waals surface area contributed by atoms with Crippen molar-refractivity contribution in [1.82, 2.24) is 19.4 Å². The lowest BCUT2D eigenvalue weighted by atomic mass is 10.2. The minimum Gasteiger partial charge on any atom is -0.375 e. The molecular formula is C19H19N5O3. The Labute approximate surface area is 155 Å². The second-order valence-electron chi connectivity index (χ2n) is 6.52. The first kappa shape index (κ1) is 17.2. The van der Waals surface area contributed by atoms with E-state index in [1.54, 1.807) is 29.4 Å². The maximum atomic E-state index is 12.7. The lowest BCUT2D eigenvalue weighted by Gasteiger charge is -2.31. The Morgan fingerprint density at radius 1 is 1.22 bits per heavy atom. The first-order valence-electron chi connectivity index (χ1n) is 8.67. The molecular weight excluding hydrogens is 346 g/mol. The molecule has 0 bridgehead atoms. The first-order valence-corrected chi connectivity index (χ1v) is 8.67. The standard InChI is InChI=1S/C19H19N5O3/c1-12-11-23(6-7-27-12)19(26)14-8-13-4-5-24(18(13)22-9-14)15-2-3-16(17(20)25)21-10-15/h2-5,8-10,12H,6-7,11H2,1H3,(H2,20,25). The molecule has 1 saturated heterocycles. The van der Waals surface area contributed by atoms with Crippen molar-refractivity contribution in [2.45, 2.75) is 13.0 Å². The summed E-state index contributed by atoms with van der Waals surface area (Å²) in [6, 6.07) is 7.05. The molecule has 1 aliphatic heterocycles. The average Bonchev–Trinajstić information content (AvgIpc) is 3.10. The van der Waals surface area contributed by atoms with Gasteiger partial charge in [0.05, 0.1) is 30.2 Å². The van der Waals surface area contributed by atoms with E-state index in [0.717, 1.165) is 11.1 Å². The number of primary amides is 1. The molecule has 1 unspecified atom stereocenters. The Balaban J connectivity index is 1.63. The monoisotopic (exact) mass is 365 g/mol. The number of aromatic nitrogens is 3. The molecule has 3 aromatic rings. The maximum absolute atomic E-state index is 12.7. The average molecular weight is 365 g/mol. The number of nitrogens with zero attached hydrogens (tertiary/aromatic N) is 4. The van der Waals surface area contributed by atoms with Crippen LogP contribution in [0.5, 0.6) is 0 Å². The predicted molar refractivity (Wildman–Crippen MR) is 98.7 cm³/mol. The highest BCUT2D eigenvalue weighted by Gasteiger charge is 2.23. The van der Waals surface area contributed by atoms with E-state index in [1.807, 2.05) is 29.8 Å². The van der Waals surface area contributed by atoms with Crippen LogP contribution in [0, 0.1) is 0 Å². The molecule has 1 aliphatic rings. The number of hydrogen-bond donors (Lipinski definition) is 1. The van der Waals surface area contributed by atoms with Crippen LogP contribution in [0.2, 0.25) is 0 Å². The van der Waals surface area contributed by atoms with Crippen LogP contribution in [0.25, 0.3) is 16.7 Å². The molecule has 0 saturated carbocycles. The number of fused-ring (bicyclic) bond motifs is 1. The van der Waals surface area contributed by atoms with Crippen LogP contribution >= 0.6 is 0 Å². The molecule has 8 heteroatoms. The molecule has 4 rings (SSSR count). The topological polar surface area (TPSA) is 103 Å². The summed E-state index contributed by atoms with van der Waals surface area (Å²) in [6.45, 7) is 3.67. The molecule has 0 aliphatic carbocycles. The lowest BCUT2D eigenvalue weighted by Crippen LogP contribution is -2.44. The zero-order valence-corrected chi connectivity index (χ0v) is 14.8. The number of amides is 2. The van der Waals surface area contributed by atoms with E-state index in [1.165, 1.54) is 0 Å². The van der Waals surface area contributed by atoms with Crippen LogP contribution in [-0.2, 0) is 4.74 Å². The van der Waals surface area contributed by atoms with Crippen molar-refractivity contribution in [3.05, 3.63) is 54.1 Å². The van der Waals surface area contributed by atoms with Crippen LogP contribution < -0.4 is 5.73 Å². The van der Waals surface area contributed by atoms with E-state index in [0.29, 0.717) is 30.9 Å². The number of carbonyl (C=O) groups is 2. The van der Waals surface area contributed by atoms with Gasteiger partial charge in [-0.15, -0.1) is 0 Å². The van der Waals surface area contributed by atoms with Crippen molar-refractivity contribution in [2.24, 2.45) is 5.73 Å². The van der Waals surface area contributed by atoms with Crippen molar-refractivity contribution in [3.63, 3.8) is 0 Å². The number of rotatable bonds is 3. The third-order valence-corrected chi connectivity index (χ3v) is 4.58. The summed E-state index contributed by atoms with van der Waals surface area (Å²) in [4.78, 5) is 34.2. The molecule has 27 heavy (non-hydrogen) atoms. The quantitative estimate of drug-likeness (QED) is 0.755. The molecule has 138 valence electrons. The van der Waals surface area contributed by atoms with E-state index >= 15 is 0 Å². The van der Waals surface area contributed by atoms with Crippen molar-refractivity contribution in [1.29, 1.82) is 0 Å². The number of pyridine rings is 2. The minimum absolute atomic E-state index is 0.0383. The van der Waals surface area contributed by atoms with Gasteiger partial charge in [-0.2, -0.15) is 0 Å². The van der Waals surface area contributed by atoms with Crippen molar-refractivity contribution >= 4 is 22.8 Å². The predicted octanol–water partition coefficient (Wildman–Crippen LogP) is 1.38. The van der Waals surface area contributed by atoms with Gasteiger partial charge in [0, 0.05) is 30.9 Å². The molecule has 1 fully saturated rings. The van der Waals surface area contributed by atoms with Gasteiger partial charge in [-0.05, 0) is 31.2 Å². The fourth-order valence-electron chi connectivity index (χ4n) is 3.21. The molecule has 8 nitrogen and oxygen atoms in total. The van der Waals surface area contributed by atoms with E-state index in [-0.39, 0.29) is 17.7 Å². The van der Waals surface area contributed by atoms with E-state index in [2.05, 4.69) is 9.97 Å². The Bertz CT molecular complexity index is 1010. The molecule has 2 amide bonds. The van der Waals surface area contributed by atoms with Crippen molar-refractivity contribution in [2.75, 3.05) is 19.7 Å². The highest BCUT2D eigenvalue weighted by atomic mass is 16.5. The number of carbonyl (C=O) groups excluding carboxylic acids is 2. The lowest BCUT2D eigenvalue weighted by molar-refractivity contribution is -0.0124. The van der Waals surface area contributed by atoms with Crippen molar-refractivity contribution < 1.29 is 14.3 Å². The van der Waals surface area contributed by atoms with Gasteiger partial charge in [-0.3, -0.25) is 14.2 Å². The zero-order chi connectivity index (χ0) is 19.0. The summed E-state index contributed by atoms with van der Waals surface area (Å²) in [5.74, 6) is -0.614. The molecule has 4 heterocycles. The van der Waals surface area contributed by atoms with E-state index < -0.39 is 5.91 Å². The highest BCUT2D eigenvalue weighted by molar-refractivity contribution is 5.97. The summed E-state index contributed by atoms with van der Waals surface area (Å²) in [5, 5.41) is 0.848. The molecule has 1 atom stereocenters. The Kier molecular flexibility index (Phi) is 4.33. The fourth-order valence-corrected chi connectivity index (χ4v) is 3.21. The van der Waals surface area contributed by atoms with Gasteiger partial charge in [0.1, 0.15) is 11.3 Å². The largest absolute Gasteiger partial charge is 0.375 e. The van der Waals surface area contributed by atoms with Gasteiger partial charge in [0.2, 0.25) is 0 Å². The van der Waals surface area contributed by atoms with E-state index in [4.69, 9.17) is 10.5 Å². The second kappa shape index (κ2) is 6.81. The van der Waals surface area contributed by atoms with Crippen LogP contribution in [0.1, 0.15) is 27.8 Å². The summed E-state index contributed by atoms with van der Waals surface area (Å²) >= 11 is 0. The number of nitrogens with two attached hydrogens (primary N) is 1. The number of hydrogen-bond acceptors (Lipinski definition) is 5. The number of ether oxygens (including phenoxy) is 1. The van der Waals surface area contributed by atoms with Gasteiger partial charge in [0.15, 0.2) is 0 Å². The third-order valence-electron chi connectivity index (χ3n) is 4.58. The van der Waals surface area contributed by atoms with Gasteiger partial charge in [0.25, 0.3) is 11.8 Å². The molecule has 0 spiro atoms. The van der Waals surface area contributed by atoms with Crippen LogP contribution in [0.15, 0.2) is 42.9 Å². The van der Waals surface area contributed by atoms with Crippen LogP contribution in [-0.4, -0.2) is 57.0 Å². The highest BCUT2D eigenvalue weighted by Crippen LogP contribution is 2.20. The Hall–Kier alpha value is -3.26. The maximum Gasteiger partial charge on any atom is 0.267 e. The van der Waals surface area contributed by atoms with Gasteiger partial charge < -0.3 is 15.4 Å². The van der Waals surface area contributed by atoms with Gasteiger partial charge in [-0.25, -0.2) is 9.97 Å². The van der Waals surface area contributed by atoms with Crippen LogP contribution in [0.3, 0.4) is 0 Å². The minimum atomic E-state index is -0.572. The molecule has 3 aromatic heterocycles. The van der Waals surface area contributed by atoms with Crippen LogP contribution in [0.4, 0.5) is 0 Å². The molecule has 0 radical (unpaired) electrons. The second-order valence-corrected chi connectivity index (χ2v) is 6.52. The number of morpholine rings is 1. The Morgan fingerprint density at radius 3 is 2.78 bits per heavy atom. The smallest absolute Gasteiger partial charge is 0.267 e. The summed E-state index contributed by atoms with van der Waals surface area (Å²) in [5.41, 5.74) is 7.44. The zero-order valence-electron chi connectivity index (χ0n) is 14.8. The summed E-state index contributed by atoms with van der Waals surface area (Å²) in [7, 11) is 0.